The van der Waals surface area contributed by atoms with Gasteiger partial charge in [0.2, 0.25) is 11.2 Å². The molecule has 0 saturated carbocycles. The molecule has 1 aromatic heterocycles. The third-order valence-corrected chi connectivity index (χ3v) is 3.87. The molecule has 0 bridgehead atoms. The monoisotopic (exact) mass is 355 g/mol. The third-order valence-electron chi connectivity index (χ3n) is 3.41. The van der Waals surface area contributed by atoms with Crippen molar-refractivity contribution >= 4 is 40.8 Å². The third kappa shape index (κ3) is 4.42. The van der Waals surface area contributed by atoms with E-state index in [9.17, 15) is 4.79 Å². The number of rotatable bonds is 4. The smallest absolute Gasteiger partial charge is 0.228 e. The first-order valence-electron chi connectivity index (χ1n) is 7.49. The molecule has 8 heteroatoms. The van der Waals surface area contributed by atoms with Gasteiger partial charge in [0.25, 0.3) is 0 Å². The standard InChI is InChI=1S/C15H19Cl2N5O/c1-3-6-11(20-13-10(16)9-19-15(17)21-13)14(18-2)22-8-5-4-7-12(22)23/h6,9H,3-5,7-8H2,1-2H3,(H,19,20,21)/b11-6+,18-14?. The van der Waals surface area contributed by atoms with Crippen LogP contribution in [0.5, 0.6) is 0 Å². The second-order valence-electron chi connectivity index (χ2n) is 5.04. The van der Waals surface area contributed by atoms with Crippen LogP contribution in [0.1, 0.15) is 32.6 Å². The van der Waals surface area contributed by atoms with Crippen LogP contribution in [0, 0.1) is 0 Å². The van der Waals surface area contributed by atoms with Gasteiger partial charge in [-0.15, -0.1) is 0 Å². The van der Waals surface area contributed by atoms with Gasteiger partial charge in [0.1, 0.15) is 5.02 Å². The van der Waals surface area contributed by atoms with Crippen molar-refractivity contribution in [2.75, 3.05) is 18.9 Å². The Morgan fingerprint density at radius 1 is 1.48 bits per heavy atom. The minimum Gasteiger partial charge on any atom is -0.336 e. The number of nitrogens with zero attached hydrogens (tertiary/aromatic N) is 4. The molecule has 0 atom stereocenters. The lowest BCUT2D eigenvalue weighted by Crippen LogP contribution is -2.42. The average molecular weight is 356 g/mol. The van der Waals surface area contributed by atoms with Crippen LogP contribution < -0.4 is 5.32 Å². The highest BCUT2D eigenvalue weighted by Crippen LogP contribution is 2.23. The van der Waals surface area contributed by atoms with Gasteiger partial charge in [-0.1, -0.05) is 24.6 Å². The van der Waals surface area contributed by atoms with Gasteiger partial charge < -0.3 is 5.32 Å². The first-order valence-corrected chi connectivity index (χ1v) is 8.25. The molecule has 0 unspecified atom stereocenters. The van der Waals surface area contributed by atoms with E-state index in [1.54, 1.807) is 11.9 Å². The number of amidine groups is 1. The minimum atomic E-state index is 0.0764. The molecule has 1 aliphatic heterocycles. The summed E-state index contributed by atoms with van der Waals surface area (Å²) in [7, 11) is 1.66. The molecule has 1 aliphatic rings. The fourth-order valence-electron chi connectivity index (χ4n) is 2.38. The van der Waals surface area contributed by atoms with Crippen molar-refractivity contribution in [2.45, 2.75) is 32.6 Å². The molecule has 1 saturated heterocycles. The number of aromatic nitrogens is 2. The van der Waals surface area contributed by atoms with E-state index in [1.165, 1.54) is 6.20 Å². The minimum absolute atomic E-state index is 0.0764. The number of anilines is 1. The number of likely N-dealkylation sites (tertiary alicyclic amines) is 1. The molecule has 23 heavy (non-hydrogen) atoms. The van der Waals surface area contributed by atoms with E-state index in [2.05, 4.69) is 20.3 Å². The highest BCUT2D eigenvalue weighted by atomic mass is 35.5. The number of carbonyl (C=O) groups is 1. The highest BCUT2D eigenvalue weighted by Gasteiger charge is 2.25. The highest BCUT2D eigenvalue weighted by molar-refractivity contribution is 6.33. The molecule has 0 radical (unpaired) electrons. The Morgan fingerprint density at radius 2 is 2.26 bits per heavy atom. The summed E-state index contributed by atoms with van der Waals surface area (Å²) in [4.78, 5) is 26.1. The number of aliphatic imine (C=N–C) groups is 1. The zero-order chi connectivity index (χ0) is 16.8. The number of nitrogens with one attached hydrogen (secondary N) is 1. The Hall–Kier alpha value is -1.66. The predicted molar refractivity (Wildman–Crippen MR) is 93.0 cm³/mol. The van der Waals surface area contributed by atoms with Crippen molar-refractivity contribution in [3.8, 4) is 0 Å². The second kappa shape index (κ2) is 8.26. The number of halogens is 2. The van der Waals surface area contributed by atoms with Crippen molar-refractivity contribution < 1.29 is 4.79 Å². The molecule has 1 aromatic rings. The van der Waals surface area contributed by atoms with Crippen LogP contribution in [0.2, 0.25) is 10.3 Å². The first-order chi connectivity index (χ1) is 11.1. The average Bonchev–Trinajstić information content (AvgIpc) is 2.53. The lowest BCUT2D eigenvalue weighted by atomic mass is 10.1. The number of amides is 1. The molecule has 1 amide bonds. The molecule has 0 aliphatic carbocycles. The summed E-state index contributed by atoms with van der Waals surface area (Å²) in [6.07, 6.45) is 6.55. The van der Waals surface area contributed by atoms with Crippen molar-refractivity contribution in [1.82, 2.24) is 14.9 Å². The summed E-state index contributed by atoms with van der Waals surface area (Å²) in [5.74, 6) is 1.05. The fraction of sp³-hybridized carbons (Fsp3) is 0.467. The maximum Gasteiger partial charge on any atom is 0.228 e. The maximum atomic E-state index is 12.2. The summed E-state index contributed by atoms with van der Waals surface area (Å²) in [6, 6.07) is 0. The van der Waals surface area contributed by atoms with Crippen LogP contribution in [0.4, 0.5) is 5.82 Å². The van der Waals surface area contributed by atoms with E-state index in [0.29, 0.717) is 35.3 Å². The Kier molecular flexibility index (Phi) is 6.36. The van der Waals surface area contributed by atoms with E-state index in [0.717, 1.165) is 19.3 Å². The molecule has 1 N–H and O–H groups in total. The van der Waals surface area contributed by atoms with Gasteiger partial charge >= 0.3 is 0 Å². The molecule has 1 fully saturated rings. The molecule has 6 nitrogen and oxygen atoms in total. The van der Waals surface area contributed by atoms with Gasteiger partial charge in [-0.2, -0.15) is 4.98 Å². The number of allylic oxidation sites excluding steroid dienone is 1. The van der Waals surface area contributed by atoms with E-state index >= 15 is 0 Å². The van der Waals surface area contributed by atoms with E-state index in [4.69, 9.17) is 23.2 Å². The van der Waals surface area contributed by atoms with Crippen LogP contribution in [-0.4, -0.2) is 40.2 Å². The molecular formula is C15H19Cl2N5O. The van der Waals surface area contributed by atoms with Gasteiger partial charge in [-0.3, -0.25) is 14.7 Å². The molecule has 124 valence electrons. The Morgan fingerprint density at radius 3 is 2.91 bits per heavy atom. The molecule has 2 heterocycles. The number of carbonyl (C=O) groups excluding carboxylic acids is 1. The first kappa shape index (κ1) is 17.7. The lowest BCUT2D eigenvalue weighted by Gasteiger charge is -2.29. The molecule has 0 spiro atoms. The molecule has 0 aromatic carbocycles. The number of hydrogen-bond acceptors (Lipinski definition) is 5. The van der Waals surface area contributed by atoms with Crippen molar-refractivity contribution in [3.05, 3.63) is 28.3 Å². The van der Waals surface area contributed by atoms with Crippen LogP contribution in [0.3, 0.4) is 0 Å². The Bertz CT molecular complexity index is 645. The number of piperidine rings is 1. The van der Waals surface area contributed by atoms with E-state index in [1.807, 2.05) is 13.0 Å². The quantitative estimate of drug-likeness (QED) is 0.509. The Labute approximate surface area is 145 Å². The van der Waals surface area contributed by atoms with Gasteiger partial charge in [0.05, 0.1) is 11.9 Å². The Balaban J connectivity index is 2.31. The summed E-state index contributed by atoms with van der Waals surface area (Å²) < 4.78 is 0. The second-order valence-corrected chi connectivity index (χ2v) is 5.78. The fourth-order valence-corrected chi connectivity index (χ4v) is 2.65. The number of hydrogen-bond donors (Lipinski definition) is 1. The van der Waals surface area contributed by atoms with Gasteiger partial charge in [-0.05, 0) is 30.9 Å². The SMILES string of the molecule is CC/C=C(/Nc1nc(Cl)ncc1Cl)C(=NC)N1CCCCC1=O. The molecule has 2 rings (SSSR count). The van der Waals surface area contributed by atoms with Crippen molar-refractivity contribution in [2.24, 2.45) is 4.99 Å². The zero-order valence-corrected chi connectivity index (χ0v) is 14.7. The normalized spacial score (nSPS) is 16.7. The van der Waals surface area contributed by atoms with Crippen LogP contribution in [0.25, 0.3) is 0 Å². The summed E-state index contributed by atoms with van der Waals surface area (Å²) >= 11 is 11.9. The van der Waals surface area contributed by atoms with Crippen molar-refractivity contribution in [1.29, 1.82) is 0 Å². The topological polar surface area (TPSA) is 70.5 Å². The summed E-state index contributed by atoms with van der Waals surface area (Å²) in [5.41, 5.74) is 0.682. The van der Waals surface area contributed by atoms with E-state index < -0.39 is 0 Å². The summed E-state index contributed by atoms with van der Waals surface area (Å²) in [5, 5.41) is 3.57. The maximum absolute atomic E-state index is 12.2. The zero-order valence-electron chi connectivity index (χ0n) is 13.1. The van der Waals surface area contributed by atoms with Crippen molar-refractivity contribution in [3.63, 3.8) is 0 Å². The van der Waals surface area contributed by atoms with Crippen LogP contribution in [0.15, 0.2) is 23.0 Å². The van der Waals surface area contributed by atoms with Gasteiger partial charge in [-0.25, -0.2) is 4.98 Å². The lowest BCUT2D eigenvalue weighted by molar-refractivity contribution is -0.129. The largest absolute Gasteiger partial charge is 0.336 e. The van der Waals surface area contributed by atoms with Crippen LogP contribution >= 0.6 is 23.2 Å². The van der Waals surface area contributed by atoms with Gasteiger partial charge in [0.15, 0.2) is 11.7 Å². The molecular weight excluding hydrogens is 337 g/mol. The summed E-state index contributed by atoms with van der Waals surface area (Å²) in [6.45, 7) is 2.66. The van der Waals surface area contributed by atoms with E-state index in [-0.39, 0.29) is 11.2 Å². The predicted octanol–water partition coefficient (Wildman–Crippen LogP) is 3.53. The van der Waals surface area contributed by atoms with Gasteiger partial charge in [0, 0.05) is 20.0 Å². The van der Waals surface area contributed by atoms with Crippen LogP contribution in [-0.2, 0) is 4.79 Å².